The topological polar surface area (TPSA) is 9.23 Å². The van der Waals surface area contributed by atoms with E-state index in [2.05, 4.69) is 34.6 Å². The Labute approximate surface area is 77.5 Å². The van der Waals surface area contributed by atoms with Gasteiger partial charge in [-0.3, -0.25) is 0 Å². The van der Waals surface area contributed by atoms with Crippen molar-refractivity contribution in [1.29, 1.82) is 0 Å². The summed E-state index contributed by atoms with van der Waals surface area (Å²) in [6.07, 6.45) is 2.89. The molecular formula is C11H24O. The number of ether oxygens (including phenoxy) is 1. The van der Waals surface area contributed by atoms with Crippen LogP contribution in [0.25, 0.3) is 0 Å². The molecule has 1 heteroatoms. The fraction of sp³-hybridized carbons (Fsp3) is 1.00. The Bertz CT molecular complexity index is 97.2. The molecule has 0 aromatic heterocycles. The molecule has 0 N–H and O–H groups in total. The molecule has 0 amide bonds. The highest BCUT2D eigenvalue weighted by Crippen LogP contribution is 2.15. The average Bonchev–Trinajstić information content (AvgIpc) is 1.97. The molecular weight excluding hydrogens is 148 g/mol. The molecule has 0 fully saturated rings. The highest BCUT2D eigenvalue weighted by Gasteiger charge is 2.06. The van der Waals surface area contributed by atoms with Crippen molar-refractivity contribution in [2.24, 2.45) is 11.8 Å². The first kappa shape index (κ1) is 12.0. The van der Waals surface area contributed by atoms with Gasteiger partial charge in [0.25, 0.3) is 0 Å². The maximum Gasteiger partial charge on any atom is 0.0518 e. The van der Waals surface area contributed by atoms with E-state index in [1.807, 2.05) is 0 Å². The summed E-state index contributed by atoms with van der Waals surface area (Å²) in [5.74, 6) is 1.64. The molecule has 0 aromatic carbocycles. The van der Waals surface area contributed by atoms with Gasteiger partial charge >= 0.3 is 0 Å². The summed E-state index contributed by atoms with van der Waals surface area (Å²) in [6, 6.07) is 0. The number of hydrogen-bond acceptors (Lipinski definition) is 1. The molecule has 74 valence electrons. The van der Waals surface area contributed by atoms with Crippen molar-refractivity contribution in [3.63, 3.8) is 0 Å². The second-order valence-electron chi connectivity index (χ2n) is 4.28. The van der Waals surface area contributed by atoms with E-state index >= 15 is 0 Å². The smallest absolute Gasteiger partial charge is 0.0518 e. The minimum absolute atomic E-state index is 0.388. The predicted molar refractivity (Wildman–Crippen MR) is 54.3 cm³/mol. The van der Waals surface area contributed by atoms with Gasteiger partial charge in [0.1, 0.15) is 0 Å². The standard InChI is InChI=1S/C11H24O/c1-9(2)11(5)7-6-8-12-10(3)4/h9-11H,6-8H2,1-5H3/t11-/m0/s1. The summed E-state index contributed by atoms with van der Waals surface area (Å²) in [7, 11) is 0. The molecule has 12 heavy (non-hydrogen) atoms. The summed E-state index contributed by atoms with van der Waals surface area (Å²) in [5, 5.41) is 0. The molecule has 0 heterocycles. The van der Waals surface area contributed by atoms with Crippen LogP contribution in [0.4, 0.5) is 0 Å². The van der Waals surface area contributed by atoms with E-state index in [0.717, 1.165) is 18.4 Å². The van der Waals surface area contributed by atoms with Crippen molar-refractivity contribution in [2.45, 2.75) is 53.6 Å². The molecule has 0 aliphatic carbocycles. The lowest BCUT2D eigenvalue weighted by Gasteiger charge is -2.15. The third-order valence-electron chi connectivity index (χ3n) is 2.39. The second kappa shape index (κ2) is 6.47. The molecule has 0 saturated carbocycles. The zero-order chi connectivity index (χ0) is 9.56. The highest BCUT2D eigenvalue weighted by atomic mass is 16.5. The monoisotopic (exact) mass is 172 g/mol. The Morgan fingerprint density at radius 1 is 1.00 bits per heavy atom. The maximum atomic E-state index is 5.47. The van der Waals surface area contributed by atoms with Crippen LogP contribution in [0.5, 0.6) is 0 Å². The van der Waals surface area contributed by atoms with Gasteiger partial charge in [-0.2, -0.15) is 0 Å². The zero-order valence-corrected chi connectivity index (χ0v) is 9.26. The van der Waals surface area contributed by atoms with E-state index in [9.17, 15) is 0 Å². The van der Waals surface area contributed by atoms with Crippen LogP contribution < -0.4 is 0 Å². The highest BCUT2D eigenvalue weighted by molar-refractivity contribution is 4.56. The van der Waals surface area contributed by atoms with Crippen molar-refractivity contribution in [3.05, 3.63) is 0 Å². The Morgan fingerprint density at radius 2 is 1.58 bits per heavy atom. The van der Waals surface area contributed by atoms with Gasteiger partial charge < -0.3 is 4.74 Å². The Balaban J connectivity index is 3.20. The van der Waals surface area contributed by atoms with E-state index < -0.39 is 0 Å². The minimum atomic E-state index is 0.388. The van der Waals surface area contributed by atoms with E-state index in [1.165, 1.54) is 12.8 Å². The fourth-order valence-corrected chi connectivity index (χ4v) is 1.06. The largest absolute Gasteiger partial charge is 0.379 e. The molecule has 0 aromatic rings. The van der Waals surface area contributed by atoms with Crippen molar-refractivity contribution in [2.75, 3.05) is 6.61 Å². The lowest BCUT2D eigenvalue weighted by Crippen LogP contribution is -2.08. The van der Waals surface area contributed by atoms with Crippen LogP contribution in [0.3, 0.4) is 0 Å². The van der Waals surface area contributed by atoms with Crippen LogP contribution >= 0.6 is 0 Å². The fourth-order valence-electron chi connectivity index (χ4n) is 1.06. The van der Waals surface area contributed by atoms with Crippen molar-refractivity contribution in [1.82, 2.24) is 0 Å². The Hall–Kier alpha value is -0.0400. The molecule has 0 aliphatic rings. The minimum Gasteiger partial charge on any atom is -0.379 e. The average molecular weight is 172 g/mol. The van der Waals surface area contributed by atoms with Gasteiger partial charge in [0.15, 0.2) is 0 Å². The quantitative estimate of drug-likeness (QED) is 0.557. The molecule has 1 atom stereocenters. The first-order chi connectivity index (χ1) is 5.54. The maximum absolute atomic E-state index is 5.47. The summed E-state index contributed by atoms with van der Waals surface area (Å²) in [6.45, 7) is 12.0. The summed E-state index contributed by atoms with van der Waals surface area (Å²) >= 11 is 0. The van der Waals surface area contributed by atoms with E-state index in [0.29, 0.717) is 6.10 Å². The van der Waals surface area contributed by atoms with Crippen LogP contribution in [0.2, 0.25) is 0 Å². The second-order valence-corrected chi connectivity index (χ2v) is 4.28. The predicted octanol–water partition coefficient (Wildman–Crippen LogP) is 3.48. The van der Waals surface area contributed by atoms with Gasteiger partial charge in [-0.1, -0.05) is 20.8 Å². The number of hydrogen-bond donors (Lipinski definition) is 0. The molecule has 0 aliphatic heterocycles. The molecule has 0 radical (unpaired) electrons. The molecule has 1 nitrogen and oxygen atoms in total. The molecule has 0 spiro atoms. The Morgan fingerprint density at radius 3 is 2.00 bits per heavy atom. The van der Waals surface area contributed by atoms with Gasteiger partial charge in [0, 0.05) is 6.61 Å². The Kier molecular flexibility index (Phi) is 6.45. The number of rotatable bonds is 6. The molecule has 0 unspecified atom stereocenters. The van der Waals surface area contributed by atoms with Crippen LogP contribution in [-0.4, -0.2) is 12.7 Å². The van der Waals surface area contributed by atoms with Gasteiger partial charge in [-0.15, -0.1) is 0 Å². The normalized spacial score (nSPS) is 14.2. The van der Waals surface area contributed by atoms with Crippen molar-refractivity contribution in [3.8, 4) is 0 Å². The molecule has 0 bridgehead atoms. The summed E-state index contributed by atoms with van der Waals surface area (Å²) < 4.78 is 5.47. The molecule has 0 saturated heterocycles. The lowest BCUT2D eigenvalue weighted by atomic mass is 9.93. The van der Waals surface area contributed by atoms with E-state index in [4.69, 9.17) is 4.74 Å². The van der Waals surface area contributed by atoms with Crippen LogP contribution in [0, 0.1) is 11.8 Å². The summed E-state index contributed by atoms with van der Waals surface area (Å²) in [4.78, 5) is 0. The summed E-state index contributed by atoms with van der Waals surface area (Å²) in [5.41, 5.74) is 0. The van der Waals surface area contributed by atoms with Crippen LogP contribution in [0.1, 0.15) is 47.5 Å². The third kappa shape index (κ3) is 6.66. The van der Waals surface area contributed by atoms with Gasteiger partial charge in [-0.25, -0.2) is 0 Å². The van der Waals surface area contributed by atoms with Crippen LogP contribution in [0.15, 0.2) is 0 Å². The van der Waals surface area contributed by atoms with Crippen LogP contribution in [-0.2, 0) is 4.74 Å². The first-order valence-electron chi connectivity index (χ1n) is 5.15. The van der Waals surface area contributed by atoms with E-state index in [1.54, 1.807) is 0 Å². The van der Waals surface area contributed by atoms with E-state index in [-0.39, 0.29) is 0 Å². The first-order valence-corrected chi connectivity index (χ1v) is 5.15. The van der Waals surface area contributed by atoms with Gasteiger partial charge in [-0.05, 0) is 38.5 Å². The third-order valence-corrected chi connectivity index (χ3v) is 2.39. The zero-order valence-electron chi connectivity index (χ0n) is 9.26. The van der Waals surface area contributed by atoms with Gasteiger partial charge in [0.2, 0.25) is 0 Å². The van der Waals surface area contributed by atoms with Crippen molar-refractivity contribution >= 4 is 0 Å². The van der Waals surface area contributed by atoms with Crippen molar-refractivity contribution < 1.29 is 4.74 Å². The lowest BCUT2D eigenvalue weighted by molar-refractivity contribution is 0.0728. The van der Waals surface area contributed by atoms with Gasteiger partial charge in [0.05, 0.1) is 6.10 Å². The SMILES string of the molecule is CC(C)OCCC[C@H](C)C(C)C. The molecule has 0 rings (SSSR count).